The first kappa shape index (κ1) is 28.8. The van der Waals surface area contributed by atoms with Crippen LogP contribution in [0.3, 0.4) is 0 Å². The Kier molecular flexibility index (Phi) is 7.89. The minimum Gasteiger partial charge on any atom is -0.383 e. The molecule has 0 atom stereocenters. The van der Waals surface area contributed by atoms with Gasteiger partial charge in [-0.3, -0.25) is 19.2 Å². The third-order valence-corrected chi connectivity index (χ3v) is 8.36. The Bertz CT molecular complexity index is 2060. The van der Waals surface area contributed by atoms with E-state index in [0.717, 1.165) is 66.1 Å². The van der Waals surface area contributed by atoms with Crippen molar-refractivity contribution in [1.29, 1.82) is 5.26 Å². The Morgan fingerprint density at radius 1 is 0.935 bits per heavy atom. The molecule has 0 saturated carbocycles. The highest BCUT2D eigenvalue weighted by atomic mass is 16.1. The number of nitrogens with one attached hydrogen (secondary N) is 1. The van der Waals surface area contributed by atoms with E-state index in [4.69, 9.17) is 15.7 Å². The van der Waals surface area contributed by atoms with Crippen molar-refractivity contribution in [3.63, 3.8) is 0 Å². The van der Waals surface area contributed by atoms with Gasteiger partial charge >= 0.3 is 0 Å². The van der Waals surface area contributed by atoms with E-state index in [9.17, 15) is 10.1 Å². The number of benzene rings is 2. The van der Waals surface area contributed by atoms with Gasteiger partial charge in [-0.05, 0) is 60.9 Å². The molecule has 226 valence electrons. The zero-order valence-corrected chi connectivity index (χ0v) is 25.0. The number of imidazole rings is 1. The third kappa shape index (κ3) is 5.79. The van der Waals surface area contributed by atoms with Crippen molar-refractivity contribution in [3.8, 4) is 34.4 Å². The molecule has 7 rings (SSSR count). The maximum absolute atomic E-state index is 12.8. The minimum atomic E-state index is -0.224. The molecule has 5 heterocycles. The first-order chi connectivity index (χ1) is 22.6. The second-order valence-corrected chi connectivity index (χ2v) is 11.3. The van der Waals surface area contributed by atoms with Crippen LogP contribution in [0.4, 0.5) is 5.82 Å². The van der Waals surface area contributed by atoms with Crippen molar-refractivity contribution >= 4 is 22.9 Å². The number of anilines is 1. The largest absolute Gasteiger partial charge is 0.383 e. The third-order valence-electron chi connectivity index (χ3n) is 8.36. The lowest BCUT2D eigenvalue weighted by Crippen LogP contribution is -2.44. The molecule has 0 spiro atoms. The molecule has 6 aromatic rings. The lowest BCUT2D eigenvalue weighted by Gasteiger charge is -2.32. The Morgan fingerprint density at radius 3 is 2.50 bits per heavy atom. The monoisotopic (exact) mass is 605 g/mol. The van der Waals surface area contributed by atoms with E-state index in [1.807, 2.05) is 65.2 Å². The number of rotatable bonds is 7. The first-order valence-corrected chi connectivity index (χ1v) is 15.2. The number of nitriles is 1. The van der Waals surface area contributed by atoms with E-state index < -0.39 is 0 Å². The number of amides is 1. The fraction of sp³-hybridized carbons (Fsp3) is 0.167. The Hall–Kier alpha value is -5.92. The van der Waals surface area contributed by atoms with Crippen molar-refractivity contribution in [2.75, 3.05) is 18.8 Å². The van der Waals surface area contributed by atoms with Gasteiger partial charge < -0.3 is 11.1 Å². The average molecular weight is 606 g/mol. The quantitative estimate of drug-likeness (QED) is 0.247. The van der Waals surface area contributed by atoms with Crippen LogP contribution in [0.1, 0.15) is 34.3 Å². The van der Waals surface area contributed by atoms with E-state index in [1.165, 1.54) is 18.0 Å². The molecule has 0 unspecified atom stereocenters. The summed E-state index contributed by atoms with van der Waals surface area (Å²) in [4.78, 5) is 33.4. The predicted octanol–water partition coefficient (Wildman–Crippen LogP) is 5.39. The van der Waals surface area contributed by atoms with Gasteiger partial charge in [0.15, 0.2) is 11.5 Å². The van der Waals surface area contributed by atoms with Crippen LogP contribution in [0.5, 0.6) is 0 Å². The van der Waals surface area contributed by atoms with E-state index in [1.54, 1.807) is 12.3 Å². The standard InChI is InChI=1S/C36H31N9O/c37-21-26-22-39-18-14-29(26)36(46)41-27-15-19-44(20-16-27)23-24-8-10-28(11-9-24)45-34(30-7-4-17-40-33(30)38)43-32-13-12-31(42-35(32)45)25-5-2-1-3-6-25/h1-14,17-18,22,27H,15-16,19-20,23H2,(H2,38,40)(H,41,46). The molecule has 10 nitrogen and oxygen atoms in total. The molecule has 46 heavy (non-hydrogen) atoms. The Balaban J connectivity index is 1.10. The number of pyridine rings is 3. The second kappa shape index (κ2) is 12.6. The summed E-state index contributed by atoms with van der Waals surface area (Å²) >= 11 is 0. The number of nitrogen functional groups attached to an aromatic ring is 1. The molecule has 1 saturated heterocycles. The highest BCUT2D eigenvalue weighted by molar-refractivity contribution is 5.96. The Morgan fingerprint density at radius 2 is 1.74 bits per heavy atom. The van der Waals surface area contributed by atoms with Crippen molar-refractivity contribution in [2.45, 2.75) is 25.4 Å². The van der Waals surface area contributed by atoms with Gasteiger partial charge in [0.2, 0.25) is 0 Å². The molecule has 3 N–H and O–H groups in total. The van der Waals surface area contributed by atoms with Gasteiger partial charge in [-0.25, -0.2) is 15.0 Å². The first-order valence-electron chi connectivity index (χ1n) is 15.2. The summed E-state index contributed by atoms with van der Waals surface area (Å²) in [5.74, 6) is 0.867. The van der Waals surface area contributed by atoms with Crippen molar-refractivity contribution in [1.82, 2.24) is 34.7 Å². The average Bonchev–Trinajstić information content (AvgIpc) is 3.48. The molecule has 1 amide bonds. The van der Waals surface area contributed by atoms with Crippen LogP contribution in [0.15, 0.2) is 104 Å². The van der Waals surface area contributed by atoms with Crippen molar-refractivity contribution in [2.24, 2.45) is 0 Å². The summed E-state index contributed by atoms with van der Waals surface area (Å²) in [6.45, 7) is 2.52. The molecule has 1 fully saturated rings. The smallest absolute Gasteiger partial charge is 0.252 e. The van der Waals surface area contributed by atoms with Crippen LogP contribution in [0.2, 0.25) is 0 Å². The van der Waals surface area contributed by atoms with Gasteiger partial charge in [0.25, 0.3) is 5.91 Å². The maximum atomic E-state index is 12.8. The number of aromatic nitrogens is 5. The van der Waals surface area contributed by atoms with Gasteiger partial charge in [-0.15, -0.1) is 0 Å². The molecule has 4 aromatic heterocycles. The minimum absolute atomic E-state index is 0.0620. The van der Waals surface area contributed by atoms with Gasteiger partial charge in [0, 0.05) is 55.5 Å². The van der Waals surface area contributed by atoms with E-state index in [-0.39, 0.29) is 17.5 Å². The predicted molar refractivity (Wildman–Crippen MR) is 177 cm³/mol. The number of carbonyl (C=O) groups excluding carboxylic acids is 1. The molecule has 0 radical (unpaired) electrons. The van der Waals surface area contributed by atoms with E-state index >= 15 is 0 Å². The number of piperidine rings is 1. The van der Waals surface area contributed by atoms with Crippen molar-refractivity contribution in [3.05, 3.63) is 120 Å². The summed E-state index contributed by atoms with van der Waals surface area (Å²) in [6.07, 6.45) is 6.30. The van der Waals surface area contributed by atoms with E-state index in [2.05, 4.69) is 44.5 Å². The SMILES string of the molecule is N#Cc1cnccc1C(=O)NC1CCN(Cc2ccc(-n3c(-c4cccnc4N)nc4ccc(-c5ccccc5)nc43)cc2)CC1. The van der Waals surface area contributed by atoms with Crippen molar-refractivity contribution < 1.29 is 4.79 Å². The number of likely N-dealkylation sites (tertiary alicyclic amines) is 1. The molecular formula is C36H31N9O. The van der Waals surface area contributed by atoms with Crippen LogP contribution < -0.4 is 11.1 Å². The number of fused-ring (bicyclic) bond motifs is 1. The zero-order valence-electron chi connectivity index (χ0n) is 25.0. The van der Waals surface area contributed by atoms with E-state index in [0.29, 0.717) is 17.2 Å². The molecule has 1 aliphatic rings. The summed E-state index contributed by atoms with van der Waals surface area (Å²) < 4.78 is 2.05. The summed E-state index contributed by atoms with van der Waals surface area (Å²) in [5, 5.41) is 12.4. The maximum Gasteiger partial charge on any atom is 0.252 e. The summed E-state index contributed by atoms with van der Waals surface area (Å²) in [5.41, 5.74) is 13.2. The lowest BCUT2D eigenvalue weighted by atomic mass is 10.0. The number of nitrogens with two attached hydrogens (primary N) is 1. The summed E-state index contributed by atoms with van der Waals surface area (Å²) in [6, 6.07) is 30.0. The van der Waals surface area contributed by atoms with Gasteiger partial charge in [-0.1, -0.05) is 42.5 Å². The lowest BCUT2D eigenvalue weighted by molar-refractivity contribution is 0.0908. The normalized spacial score (nSPS) is 13.8. The topological polar surface area (TPSA) is 139 Å². The van der Waals surface area contributed by atoms with Crippen LogP contribution >= 0.6 is 0 Å². The fourth-order valence-electron chi connectivity index (χ4n) is 5.95. The second-order valence-electron chi connectivity index (χ2n) is 11.3. The van der Waals surface area contributed by atoms with Crippen LogP contribution in [0, 0.1) is 11.3 Å². The number of carbonyl (C=O) groups is 1. The van der Waals surface area contributed by atoms with Crippen LogP contribution in [-0.4, -0.2) is 54.4 Å². The number of nitrogens with zero attached hydrogens (tertiary/aromatic N) is 7. The van der Waals surface area contributed by atoms with Gasteiger partial charge in [-0.2, -0.15) is 5.26 Å². The molecule has 2 aromatic carbocycles. The Labute approximate surface area is 266 Å². The molecular weight excluding hydrogens is 574 g/mol. The highest BCUT2D eigenvalue weighted by Gasteiger charge is 2.23. The highest BCUT2D eigenvalue weighted by Crippen LogP contribution is 2.32. The summed E-state index contributed by atoms with van der Waals surface area (Å²) in [7, 11) is 0. The fourth-order valence-corrected chi connectivity index (χ4v) is 5.95. The molecule has 10 heteroatoms. The molecule has 0 aliphatic carbocycles. The van der Waals surface area contributed by atoms with Crippen LogP contribution in [0.25, 0.3) is 39.5 Å². The molecule has 1 aliphatic heterocycles. The number of hydrogen-bond donors (Lipinski definition) is 2. The van der Waals surface area contributed by atoms with Gasteiger partial charge in [0.1, 0.15) is 17.4 Å². The number of hydrogen-bond acceptors (Lipinski definition) is 8. The molecule has 0 bridgehead atoms. The zero-order chi connectivity index (χ0) is 31.5. The van der Waals surface area contributed by atoms with Crippen LogP contribution in [-0.2, 0) is 6.54 Å². The van der Waals surface area contributed by atoms with Gasteiger partial charge in [0.05, 0.1) is 22.4 Å².